The molecule has 0 aromatic rings. The van der Waals surface area contributed by atoms with Crippen molar-refractivity contribution in [3.63, 3.8) is 0 Å². The Morgan fingerprint density at radius 2 is 1.13 bits per heavy atom. The van der Waals surface area contributed by atoms with Crippen molar-refractivity contribution < 1.29 is 30.8 Å². The number of hydrogen-bond acceptors (Lipinski definition) is 4. The zero-order valence-electron chi connectivity index (χ0n) is 7.90. The molecule has 92 valence electrons. The first kappa shape index (κ1) is 19.9. The SMILES string of the molecule is O=NO.O=NO.[NH-]C1CCCCC1[NH-].[Pd+2]. The Morgan fingerprint density at radius 1 is 0.933 bits per heavy atom. The second kappa shape index (κ2) is 15.8. The summed E-state index contributed by atoms with van der Waals surface area (Å²) in [5.74, 6) is 0. The van der Waals surface area contributed by atoms with Crippen molar-refractivity contribution in [3.05, 3.63) is 21.3 Å². The Balaban J connectivity index is -0.000000177. The third kappa shape index (κ3) is 16.1. The van der Waals surface area contributed by atoms with E-state index >= 15 is 0 Å². The van der Waals surface area contributed by atoms with E-state index in [0.717, 1.165) is 12.8 Å². The van der Waals surface area contributed by atoms with Crippen molar-refractivity contribution in [1.82, 2.24) is 0 Å². The minimum atomic E-state index is -0.0799. The van der Waals surface area contributed by atoms with Crippen LogP contribution in [0.25, 0.3) is 11.5 Å². The number of nitrogens with zero attached hydrogens (tertiary/aromatic N) is 2. The first-order valence-electron chi connectivity index (χ1n) is 3.99. The fourth-order valence-corrected chi connectivity index (χ4v) is 1.13. The summed E-state index contributed by atoms with van der Waals surface area (Å²) in [6.07, 6.45) is 4.25. The molecule has 8 nitrogen and oxygen atoms in total. The van der Waals surface area contributed by atoms with E-state index < -0.39 is 0 Å². The molecular weight excluding hydrogens is 299 g/mol. The molecule has 1 rings (SSSR count). The predicted octanol–water partition coefficient (Wildman–Crippen LogP) is 2.68. The molecule has 2 unspecified atom stereocenters. The monoisotopic (exact) mass is 312 g/mol. The van der Waals surface area contributed by atoms with E-state index in [9.17, 15) is 0 Å². The van der Waals surface area contributed by atoms with Crippen molar-refractivity contribution in [1.29, 1.82) is 0 Å². The molecule has 0 aromatic carbocycles. The minimum absolute atomic E-state index is 0. The quantitative estimate of drug-likeness (QED) is 0.402. The zero-order valence-corrected chi connectivity index (χ0v) is 9.46. The smallest absolute Gasteiger partial charge is 0.676 e. The Bertz CT molecular complexity index is 135. The van der Waals surface area contributed by atoms with Gasteiger partial charge >= 0.3 is 20.4 Å². The Hall–Kier alpha value is -0.618. The first-order chi connectivity index (χ1) is 6.63. The molecule has 2 atom stereocenters. The normalized spacial score (nSPS) is 22.8. The van der Waals surface area contributed by atoms with Crippen LogP contribution in [-0.2, 0) is 20.4 Å². The zero-order chi connectivity index (χ0) is 11.4. The predicted molar refractivity (Wildman–Crippen MR) is 49.9 cm³/mol. The van der Waals surface area contributed by atoms with Crippen LogP contribution in [0.1, 0.15) is 25.7 Å². The van der Waals surface area contributed by atoms with Crippen LogP contribution in [0.15, 0.2) is 10.7 Å². The first-order valence-corrected chi connectivity index (χ1v) is 3.99. The van der Waals surface area contributed by atoms with Gasteiger partial charge in [-0.25, -0.2) is 0 Å². The molecule has 0 radical (unpaired) electrons. The topological polar surface area (TPSA) is 147 Å². The summed E-state index contributed by atoms with van der Waals surface area (Å²) in [7, 11) is 0. The van der Waals surface area contributed by atoms with Crippen LogP contribution in [0.3, 0.4) is 0 Å². The van der Waals surface area contributed by atoms with Crippen LogP contribution < -0.4 is 0 Å². The van der Waals surface area contributed by atoms with Gasteiger partial charge in [-0.15, -0.1) is 9.81 Å². The summed E-state index contributed by atoms with van der Waals surface area (Å²) < 4.78 is 0. The van der Waals surface area contributed by atoms with Crippen LogP contribution in [0.2, 0.25) is 0 Å². The maximum Gasteiger partial charge on any atom is 2.00 e. The summed E-state index contributed by atoms with van der Waals surface area (Å²) in [5, 5.41) is 15.8. The summed E-state index contributed by atoms with van der Waals surface area (Å²) >= 11 is 0. The molecule has 1 fully saturated rings. The summed E-state index contributed by atoms with van der Waals surface area (Å²) in [6.45, 7) is 0. The van der Waals surface area contributed by atoms with Gasteiger partial charge in [0.25, 0.3) is 0 Å². The molecular formula is C6H14N4O4Pd. The summed E-state index contributed by atoms with van der Waals surface area (Å²) in [6, 6.07) is -0.160. The van der Waals surface area contributed by atoms with Gasteiger partial charge in [0.2, 0.25) is 0 Å². The largest absolute Gasteiger partial charge is 2.00 e. The van der Waals surface area contributed by atoms with Crippen molar-refractivity contribution in [2.45, 2.75) is 37.8 Å². The second-order valence-electron chi connectivity index (χ2n) is 2.66. The average molecular weight is 313 g/mol. The molecule has 1 aliphatic rings. The fraction of sp³-hybridized carbons (Fsp3) is 1.00. The Morgan fingerprint density at radius 3 is 1.27 bits per heavy atom. The van der Waals surface area contributed by atoms with E-state index in [1.54, 1.807) is 0 Å². The molecule has 0 saturated heterocycles. The van der Waals surface area contributed by atoms with E-state index in [1.165, 1.54) is 23.5 Å². The molecule has 0 bridgehead atoms. The number of rotatable bonds is 0. The van der Waals surface area contributed by atoms with E-state index in [0.29, 0.717) is 0 Å². The molecule has 0 heterocycles. The van der Waals surface area contributed by atoms with Gasteiger partial charge in [0.1, 0.15) is 0 Å². The van der Waals surface area contributed by atoms with Gasteiger partial charge in [0.05, 0.1) is 0 Å². The van der Waals surface area contributed by atoms with Gasteiger partial charge in [0, 0.05) is 0 Å². The van der Waals surface area contributed by atoms with Crippen LogP contribution in [0.4, 0.5) is 0 Å². The molecule has 0 spiro atoms. The van der Waals surface area contributed by atoms with Crippen molar-refractivity contribution >= 4 is 0 Å². The third-order valence-corrected chi connectivity index (χ3v) is 1.77. The minimum Gasteiger partial charge on any atom is -0.676 e. The van der Waals surface area contributed by atoms with Crippen LogP contribution in [-0.4, -0.2) is 22.5 Å². The molecule has 9 heteroatoms. The van der Waals surface area contributed by atoms with Crippen LogP contribution in [0, 0.1) is 9.81 Å². The Kier molecular flexibility index (Phi) is 21.0. The van der Waals surface area contributed by atoms with E-state index in [4.69, 9.17) is 31.7 Å². The van der Waals surface area contributed by atoms with Crippen molar-refractivity contribution in [2.24, 2.45) is 10.7 Å². The maximum atomic E-state index is 8.11. The van der Waals surface area contributed by atoms with Crippen LogP contribution in [0.5, 0.6) is 0 Å². The molecule has 15 heavy (non-hydrogen) atoms. The van der Waals surface area contributed by atoms with Gasteiger partial charge in [0.15, 0.2) is 10.7 Å². The standard InChI is InChI=1S/C6H12N2.2HNO2.Pd/c7-5-3-1-2-4-6(5)8;2*2-1-3;/h5-8H,1-4H2;2*(H,2,3);/q-2;;;+2. The van der Waals surface area contributed by atoms with E-state index in [-0.39, 0.29) is 32.5 Å². The summed E-state index contributed by atoms with van der Waals surface area (Å²) in [5.41, 5.74) is 14.6. The molecule has 4 N–H and O–H groups in total. The number of nitrogens with one attached hydrogen (secondary N) is 2. The van der Waals surface area contributed by atoms with Gasteiger partial charge < -0.3 is 21.9 Å². The third-order valence-electron chi connectivity index (χ3n) is 1.77. The van der Waals surface area contributed by atoms with E-state index in [1.807, 2.05) is 0 Å². The molecule has 1 saturated carbocycles. The molecule has 0 aromatic heterocycles. The molecule has 0 amide bonds. The molecule has 1 aliphatic carbocycles. The van der Waals surface area contributed by atoms with Gasteiger partial charge in [-0.3, -0.25) is 0 Å². The van der Waals surface area contributed by atoms with Gasteiger partial charge in [-0.2, -0.15) is 12.1 Å². The van der Waals surface area contributed by atoms with Gasteiger partial charge in [-0.05, 0) is 0 Å². The fourth-order valence-electron chi connectivity index (χ4n) is 1.13. The maximum absolute atomic E-state index is 8.11. The van der Waals surface area contributed by atoms with Crippen LogP contribution >= 0.6 is 0 Å². The summed E-state index contributed by atoms with van der Waals surface area (Å²) in [4.78, 5) is 16.2. The van der Waals surface area contributed by atoms with E-state index in [2.05, 4.69) is 0 Å². The average Bonchev–Trinajstić information content (AvgIpc) is 2.13. The molecule has 0 aliphatic heterocycles. The van der Waals surface area contributed by atoms with Crippen molar-refractivity contribution in [3.8, 4) is 0 Å². The number of hydrogen-bond donors (Lipinski definition) is 2. The van der Waals surface area contributed by atoms with Crippen molar-refractivity contribution in [2.75, 3.05) is 0 Å². The second-order valence-corrected chi connectivity index (χ2v) is 2.66. The Labute approximate surface area is 101 Å². The van der Waals surface area contributed by atoms with Gasteiger partial charge in [-0.1, -0.05) is 25.7 Å².